The third kappa shape index (κ3) is 5.78. The van der Waals surface area contributed by atoms with Crippen LogP contribution in [-0.4, -0.2) is 48.1 Å². The highest BCUT2D eigenvalue weighted by Crippen LogP contribution is 2.33. The molecule has 1 heterocycles. The lowest BCUT2D eigenvalue weighted by Crippen LogP contribution is -2.69. The maximum Gasteiger partial charge on any atom is 0.303 e. The summed E-state index contributed by atoms with van der Waals surface area (Å²) in [6.07, 6.45) is 0.873. The monoisotopic (exact) mass is 575 g/mol. The van der Waals surface area contributed by atoms with E-state index in [9.17, 15) is 22.8 Å². The number of nitrogens with zero attached hydrogens (tertiary/aromatic N) is 1. The Morgan fingerprint density at radius 1 is 1.18 bits per heavy atom. The number of carbonyl (C=O) groups excluding carboxylic acids is 2. The highest BCUT2D eigenvalue weighted by molar-refractivity contribution is 14.1. The van der Waals surface area contributed by atoms with Crippen LogP contribution >= 0.6 is 22.6 Å². The van der Waals surface area contributed by atoms with Gasteiger partial charge in [0.05, 0.1) is 30.0 Å². The van der Waals surface area contributed by atoms with Gasteiger partial charge in [0.1, 0.15) is 5.82 Å². The van der Waals surface area contributed by atoms with Crippen LogP contribution in [0.2, 0.25) is 0 Å². The molecular formula is C23H25F3IN3O3. The summed E-state index contributed by atoms with van der Waals surface area (Å²) in [5, 5.41) is 5.79. The van der Waals surface area contributed by atoms with E-state index in [0.717, 1.165) is 18.6 Å². The third-order valence-corrected chi connectivity index (χ3v) is 6.18. The zero-order valence-corrected chi connectivity index (χ0v) is 20.6. The van der Waals surface area contributed by atoms with Gasteiger partial charge in [-0.25, -0.2) is 13.2 Å². The van der Waals surface area contributed by atoms with Gasteiger partial charge in [0, 0.05) is 23.1 Å². The molecule has 1 amide bonds. The first-order valence-electron chi connectivity index (χ1n) is 10.5. The molecule has 0 aromatic heterocycles. The van der Waals surface area contributed by atoms with Crippen molar-refractivity contribution in [2.24, 2.45) is 0 Å². The van der Waals surface area contributed by atoms with E-state index in [1.165, 1.54) is 24.0 Å². The van der Waals surface area contributed by atoms with Crippen molar-refractivity contribution >= 4 is 45.8 Å². The molecule has 1 atom stereocenters. The van der Waals surface area contributed by atoms with Gasteiger partial charge < -0.3 is 20.3 Å². The van der Waals surface area contributed by atoms with Gasteiger partial charge in [-0.3, -0.25) is 9.59 Å². The fourth-order valence-corrected chi connectivity index (χ4v) is 4.02. The molecule has 0 radical (unpaired) electrons. The molecule has 3 rings (SSSR count). The van der Waals surface area contributed by atoms with E-state index in [-0.39, 0.29) is 30.4 Å². The van der Waals surface area contributed by atoms with Crippen molar-refractivity contribution in [1.29, 1.82) is 0 Å². The summed E-state index contributed by atoms with van der Waals surface area (Å²) in [6.45, 7) is 5.83. The number of amides is 1. The smallest absolute Gasteiger partial charge is 0.303 e. The molecular weight excluding hydrogens is 550 g/mol. The largest absolute Gasteiger partial charge is 0.454 e. The van der Waals surface area contributed by atoms with Crippen molar-refractivity contribution in [3.63, 3.8) is 0 Å². The molecule has 2 aromatic carbocycles. The molecule has 1 fully saturated rings. The van der Waals surface area contributed by atoms with Crippen molar-refractivity contribution < 1.29 is 27.5 Å². The molecule has 0 aliphatic carbocycles. The second kappa shape index (κ2) is 10.3. The van der Waals surface area contributed by atoms with Crippen LogP contribution in [0.15, 0.2) is 30.3 Å². The highest BCUT2D eigenvalue weighted by atomic mass is 127. The number of halogens is 4. The zero-order valence-electron chi connectivity index (χ0n) is 18.5. The van der Waals surface area contributed by atoms with Crippen molar-refractivity contribution in [2.75, 3.05) is 25.0 Å². The van der Waals surface area contributed by atoms with E-state index in [2.05, 4.69) is 10.6 Å². The highest BCUT2D eigenvalue weighted by Gasteiger charge is 2.48. The molecule has 1 saturated heterocycles. The topological polar surface area (TPSA) is 70.7 Å². The van der Waals surface area contributed by atoms with Gasteiger partial charge in [-0.05, 0) is 66.3 Å². The van der Waals surface area contributed by atoms with Crippen LogP contribution in [0.4, 0.5) is 24.5 Å². The maximum absolute atomic E-state index is 14.7. The summed E-state index contributed by atoms with van der Waals surface area (Å²) >= 11 is 1.92. The van der Waals surface area contributed by atoms with Crippen molar-refractivity contribution in [2.45, 2.75) is 38.8 Å². The Morgan fingerprint density at radius 2 is 1.88 bits per heavy atom. The molecule has 178 valence electrons. The van der Waals surface area contributed by atoms with Crippen LogP contribution < -0.4 is 10.6 Å². The average Bonchev–Trinajstić information content (AvgIpc) is 2.73. The predicted octanol–water partition coefficient (Wildman–Crippen LogP) is 4.60. The van der Waals surface area contributed by atoms with Gasteiger partial charge in [0.2, 0.25) is 0 Å². The Morgan fingerprint density at radius 3 is 2.48 bits per heavy atom. The minimum absolute atomic E-state index is 0.0885. The summed E-state index contributed by atoms with van der Waals surface area (Å²) in [6, 6.07) is 6.39. The number of benzene rings is 2. The van der Waals surface area contributed by atoms with Crippen LogP contribution in [0.3, 0.4) is 0 Å². The Hall–Kier alpha value is -2.34. The second-order valence-corrected chi connectivity index (χ2v) is 9.41. The summed E-state index contributed by atoms with van der Waals surface area (Å²) < 4.78 is 49.0. The molecule has 33 heavy (non-hydrogen) atoms. The van der Waals surface area contributed by atoms with E-state index >= 15 is 0 Å². The number of rotatable bonds is 8. The Bertz CT molecular complexity index is 1060. The Labute approximate surface area is 204 Å². The minimum atomic E-state index is -1.29. The van der Waals surface area contributed by atoms with Crippen LogP contribution in [-0.2, 0) is 9.53 Å². The van der Waals surface area contributed by atoms with Crippen LogP contribution in [0.5, 0.6) is 0 Å². The standard InChI is InChI=1S/C23H25F3IN3O3/c1-4-13(2)28-10-23(33-14(3)31)11-30(12-23)22(32)16-6-7-17(24)20(26)21(16)29-19-8-5-15(27)9-18(19)25/h5-9,13,28-29H,4,10-12H2,1-3H3. The van der Waals surface area contributed by atoms with E-state index in [4.69, 9.17) is 4.74 Å². The maximum atomic E-state index is 14.7. The fourth-order valence-electron chi connectivity index (χ4n) is 3.56. The van der Waals surface area contributed by atoms with Crippen LogP contribution in [0.1, 0.15) is 37.6 Å². The summed E-state index contributed by atoms with van der Waals surface area (Å²) in [4.78, 5) is 26.1. The van der Waals surface area contributed by atoms with Crippen LogP contribution in [0, 0.1) is 21.0 Å². The van der Waals surface area contributed by atoms with Gasteiger partial charge in [-0.1, -0.05) is 6.92 Å². The quantitative estimate of drug-likeness (QED) is 0.356. The Balaban J connectivity index is 1.84. The van der Waals surface area contributed by atoms with Crippen LogP contribution in [0.25, 0.3) is 0 Å². The molecule has 6 nitrogen and oxygen atoms in total. The zero-order chi connectivity index (χ0) is 24.3. The molecule has 2 aromatic rings. The van der Waals surface area contributed by atoms with Gasteiger partial charge in [0.25, 0.3) is 5.91 Å². The molecule has 1 aliphatic rings. The minimum Gasteiger partial charge on any atom is -0.454 e. The predicted molar refractivity (Wildman–Crippen MR) is 127 cm³/mol. The molecule has 0 bridgehead atoms. The lowest BCUT2D eigenvalue weighted by Gasteiger charge is -2.49. The van der Waals surface area contributed by atoms with Crippen molar-refractivity contribution in [3.05, 3.63) is 56.9 Å². The van der Waals surface area contributed by atoms with Gasteiger partial charge in [0.15, 0.2) is 17.2 Å². The number of anilines is 2. The number of nitrogens with one attached hydrogen (secondary N) is 2. The molecule has 1 aliphatic heterocycles. The summed E-state index contributed by atoms with van der Waals surface area (Å²) in [7, 11) is 0. The van der Waals surface area contributed by atoms with Gasteiger partial charge in [-0.15, -0.1) is 0 Å². The van der Waals surface area contributed by atoms with E-state index in [1.54, 1.807) is 6.07 Å². The van der Waals surface area contributed by atoms with Crippen molar-refractivity contribution in [3.8, 4) is 0 Å². The fraction of sp³-hybridized carbons (Fsp3) is 0.391. The Kier molecular flexibility index (Phi) is 7.88. The molecule has 2 N–H and O–H groups in total. The second-order valence-electron chi connectivity index (χ2n) is 8.16. The number of ether oxygens (including phenoxy) is 1. The first-order valence-corrected chi connectivity index (χ1v) is 11.6. The molecule has 1 unspecified atom stereocenters. The normalized spacial score (nSPS) is 15.5. The number of carbonyl (C=O) groups is 2. The molecule has 10 heteroatoms. The van der Waals surface area contributed by atoms with Gasteiger partial charge in [-0.2, -0.15) is 0 Å². The molecule has 0 saturated carbocycles. The molecule has 0 spiro atoms. The third-order valence-electron chi connectivity index (χ3n) is 5.51. The lowest BCUT2D eigenvalue weighted by molar-refractivity contribution is -0.172. The summed E-state index contributed by atoms with van der Waals surface area (Å²) in [5.41, 5.74) is -1.61. The number of likely N-dealkylation sites (tertiary alicyclic amines) is 1. The number of hydrogen-bond acceptors (Lipinski definition) is 5. The van der Waals surface area contributed by atoms with Crippen molar-refractivity contribution in [1.82, 2.24) is 10.2 Å². The number of esters is 1. The van der Waals surface area contributed by atoms with E-state index in [0.29, 0.717) is 10.1 Å². The van der Waals surface area contributed by atoms with Gasteiger partial charge >= 0.3 is 5.97 Å². The first kappa shape index (κ1) is 25.3. The van der Waals surface area contributed by atoms with E-state index in [1.807, 2.05) is 36.4 Å². The summed E-state index contributed by atoms with van der Waals surface area (Å²) in [5.74, 6) is -4.19. The van der Waals surface area contributed by atoms with E-state index < -0.39 is 40.6 Å². The lowest BCUT2D eigenvalue weighted by atomic mass is 9.91. The first-order chi connectivity index (χ1) is 15.5. The average molecular weight is 575 g/mol. The SMILES string of the molecule is CCC(C)NCC1(OC(C)=O)CN(C(=O)c2ccc(F)c(F)c2Nc2ccc(I)cc2F)C1. The number of hydrogen-bond donors (Lipinski definition) is 2.